The Kier molecular flexibility index (Phi) is 6.50. The second kappa shape index (κ2) is 9.04. The van der Waals surface area contributed by atoms with Crippen LogP contribution in [0.15, 0.2) is 36.4 Å². The number of nitrogens with zero attached hydrogens (tertiary/aromatic N) is 1. The highest BCUT2D eigenvalue weighted by Gasteiger charge is 2.25. The fourth-order valence-corrected chi connectivity index (χ4v) is 4.30. The van der Waals surface area contributed by atoms with E-state index >= 15 is 0 Å². The molecule has 0 bridgehead atoms. The van der Waals surface area contributed by atoms with Crippen LogP contribution in [0.25, 0.3) is 0 Å². The SMILES string of the molecule is COC(=O)c1ccc(C(=O)N2CCC(CCc3ccc(OC)cc3)CC2)s1. The van der Waals surface area contributed by atoms with Crippen molar-refractivity contribution < 1.29 is 19.1 Å². The Morgan fingerprint density at radius 1 is 1.04 bits per heavy atom. The van der Waals surface area contributed by atoms with Gasteiger partial charge in [-0.1, -0.05) is 12.1 Å². The molecule has 5 nitrogen and oxygen atoms in total. The number of hydrogen-bond donors (Lipinski definition) is 0. The number of methoxy groups -OCH3 is 2. The fraction of sp³-hybridized carbons (Fsp3) is 0.429. The van der Waals surface area contributed by atoms with E-state index in [4.69, 9.17) is 9.47 Å². The highest BCUT2D eigenvalue weighted by atomic mass is 32.1. The maximum Gasteiger partial charge on any atom is 0.348 e. The summed E-state index contributed by atoms with van der Waals surface area (Å²) in [6.07, 6.45) is 4.24. The van der Waals surface area contributed by atoms with Crippen molar-refractivity contribution in [3.05, 3.63) is 51.7 Å². The average Bonchev–Trinajstić information content (AvgIpc) is 3.22. The highest BCUT2D eigenvalue weighted by Crippen LogP contribution is 2.26. The van der Waals surface area contributed by atoms with Crippen molar-refractivity contribution in [2.24, 2.45) is 5.92 Å². The zero-order valence-corrected chi connectivity index (χ0v) is 16.6. The van der Waals surface area contributed by atoms with Gasteiger partial charge >= 0.3 is 5.97 Å². The van der Waals surface area contributed by atoms with Gasteiger partial charge in [-0.25, -0.2) is 4.79 Å². The van der Waals surface area contributed by atoms with E-state index in [1.807, 2.05) is 17.0 Å². The van der Waals surface area contributed by atoms with E-state index in [0.717, 1.165) is 44.5 Å². The van der Waals surface area contributed by atoms with Crippen LogP contribution >= 0.6 is 11.3 Å². The predicted octanol–water partition coefficient (Wildman–Crippen LogP) is 4.03. The largest absolute Gasteiger partial charge is 0.497 e. The Morgan fingerprint density at radius 2 is 1.70 bits per heavy atom. The van der Waals surface area contributed by atoms with Crippen LogP contribution in [0.3, 0.4) is 0 Å². The third kappa shape index (κ3) is 4.89. The molecule has 0 saturated carbocycles. The van der Waals surface area contributed by atoms with Crippen LogP contribution in [0.4, 0.5) is 0 Å². The van der Waals surface area contributed by atoms with E-state index < -0.39 is 5.97 Å². The van der Waals surface area contributed by atoms with Gasteiger partial charge in [-0.05, 0) is 61.4 Å². The molecule has 1 saturated heterocycles. The number of thiophene rings is 1. The minimum Gasteiger partial charge on any atom is -0.497 e. The second-order valence-corrected chi connectivity index (χ2v) is 7.86. The summed E-state index contributed by atoms with van der Waals surface area (Å²) in [6.45, 7) is 1.55. The summed E-state index contributed by atoms with van der Waals surface area (Å²) in [6, 6.07) is 11.6. The normalized spacial score (nSPS) is 14.8. The quantitative estimate of drug-likeness (QED) is 0.702. The van der Waals surface area contributed by atoms with Crippen LogP contribution in [0.2, 0.25) is 0 Å². The first-order valence-corrected chi connectivity index (χ1v) is 10.0. The zero-order chi connectivity index (χ0) is 19.2. The van der Waals surface area contributed by atoms with Crippen molar-refractivity contribution in [3.8, 4) is 5.75 Å². The summed E-state index contributed by atoms with van der Waals surface area (Å²) in [7, 11) is 3.02. The summed E-state index contributed by atoms with van der Waals surface area (Å²) in [5, 5.41) is 0. The summed E-state index contributed by atoms with van der Waals surface area (Å²) in [5.41, 5.74) is 1.32. The number of ether oxygens (including phenoxy) is 2. The van der Waals surface area contributed by atoms with Crippen LogP contribution in [0.1, 0.15) is 44.2 Å². The topological polar surface area (TPSA) is 55.8 Å². The number of hydrogen-bond acceptors (Lipinski definition) is 5. The fourth-order valence-electron chi connectivity index (χ4n) is 3.41. The van der Waals surface area contributed by atoms with Crippen LogP contribution in [-0.2, 0) is 11.2 Å². The third-order valence-corrected chi connectivity index (χ3v) is 6.16. The predicted molar refractivity (Wildman–Crippen MR) is 106 cm³/mol. The molecule has 0 spiro atoms. The minimum atomic E-state index is -0.392. The molecule has 2 heterocycles. The molecular formula is C21H25NO4S. The van der Waals surface area contributed by atoms with E-state index in [2.05, 4.69) is 12.1 Å². The van der Waals surface area contributed by atoms with E-state index in [0.29, 0.717) is 15.7 Å². The van der Waals surface area contributed by atoms with Crippen molar-refractivity contribution in [2.75, 3.05) is 27.3 Å². The number of carbonyl (C=O) groups excluding carboxylic acids is 2. The number of piperidine rings is 1. The average molecular weight is 388 g/mol. The van der Waals surface area contributed by atoms with Gasteiger partial charge in [0.25, 0.3) is 5.91 Å². The number of amides is 1. The number of benzene rings is 1. The molecule has 1 amide bonds. The summed E-state index contributed by atoms with van der Waals surface area (Å²) < 4.78 is 9.90. The number of carbonyl (C=O) groups is 2. The van der Waals surface area contributed by atoms with E-state index in [1.54, 1.807) is 19.2 Å². The molecular weight excluding hydrogens is 362 g/mol. The van der Waals surface area contributed by atoms with Gasteiger partial charge in [-0.15, -0.1) is 11.3 Å². The molecule has 0 N–H and O–H groups in total. The van der Waals surface area contributed by atoms with Crippen LogP contribution in [0, 0.1) is 5.92 Å². The lowest BCUT2D eigenvalue weighted by atomic mass is 9.90. The molecule has 2 aromatic rings. The van der Waals surface area contributed by atoms with Crippen LogP contribution in [-0.4, -0.2) is 44.1 Å². The molecule has 0 radical (unpaired) electrons. The summed E-state index contributed by atoms with van der Waals surface area (Å²) in [4.78, 5) is 27.2. The molecule has 0 unspecified atom stereocenters. The number of likely N-dealkylation sites (tertiary alicyclic amines) is 1. The molecule has 27 heavy (non-hydrogen) atoms. The first-order valence-electron chi connectivity index (χ1n) is 9.21. The van der Waals surface area contributed by atoms with Crippen molar-refractivity contribution in [2.45, 2.75) is 25.7 Å². The smallest absolute Gasteiger partial charge is 0.348 e. The lowest BCUT2D eigenvalue weighted by Crippen LogP contribution is -2.38. The molecule has 1 aliphatic rings. The summed E-state index contributed by atoms with van der Waals surface area (Å²) >= 11 is 1.20. The second-order valence-electron chi connectivity index (χ2n) is 6.78. The molecule has 0 atom stereocenters. The first kappa shape index (κ1) is 19.4. The van der Waals surface area contributed by atoms with E-state index in [-0.39, 0.29) is 5.91 Å². The third-order valence-electron chi connectivity index (χ3n) is 5.11. The van der Waals surface area contributed by atoms with E-state index in [9.17, 15) is 9.59 Å². The Hall–Kier alpha value is -2.34. The first-order chi connectivity index (χ1) is 13.1. The molecule has 1 aliphatic heterocycles. The van der Waals surface area contributed by atoms with Crippen LogP contribution < -0.4 is 4.74 Å². The summed E-state index contributed by atoms with van der Waals surface area (Å²) in [5.74, 6) is 1.15. The molecule has 1 fully saturated rings. The Bertz CT molecular complexity index is 776. The standard InChI is InChI=1S/C21H25NO4S/c1-25-17-7-5-15(6-8-17)3-4-16-11-13-22(14-12-16)20(23)18-9-10-19(27-18)21(24)26-2/h5-10,16H,3-4,11-14H2,1-2H3. The zero-order valence-electron chi connectivity index (χ0n) is 15.8. The lowest BCUT2D eigenvalue weighted by Gasteiger charge is -2.31. The van der Waals surface area contributed by atoms with Gasteiger partial charge in [0.1, 0.15) is 10.6 Å². The number of aryl methyl sites for hydroxylation is 1. The van der Waals surface area contributed by atoms with Gasteiger partial charge in [0.15, 0.2) is 0 Å². The maximum atomic E-state index is 12.6. The van der Waals surface area contributed by atoms with Crippen molar-refractivity contribution in [1.29, 1.82) is 0 Å². The minimum absolute atomic E-state index is 0.0174. The Morgan fingerprint density at radius 3 is 2.33 bits per heavy atom. The Labute approximate surface area is 163 Å². The molecule has 0 aliphatic carbocycles. The molecule has 1 aromatic carbocycles. The lowest BCUT2D eigenvalue weighted by molar-refractivity contribution is 0.0606. The van der Waals surface area contributed by atoms with Crippen molar-refractivity contribution >= 4 is 23.2 Å². The van der Waals surface area contributed by atoms with Crippen molar-refractivity contribution in [1.82, 2.24) is 4.90 Å². The Balaban J connectivity index is 1.47. The van der Waals surface area contributed by atoms with Gasteiger partial charge in [-0.2, -0.15) is 0 Å². The molecule has 144 valence electrons. The number of esters is 1. The molecule has 6 heteroatoms. The monoisotopic (exact) mass is 387 g/mol. The van der Waals surface area contributed by atoms with Gasteiger partial charge in [-0.3, -0.25) is 4.79 Å². The number of rotatable bonds is 6. The van der Waals surface area contributed by atoms with Gasteiger partial charge in [0.05, 0.1) is 19.1 Å². The molecule has 3 rings (SSSR count). The molecule has 1 aromatic heterocycles. The van der Waals surface area contributed by atoms with Crippen LogP contribution in [0.5, 0.6) is 5.75 Å². The van der Waals surface area contributed by atoms with Gasteiger partial charge in [0, 0.05) is 13.1 Å². The van der Waals surface area contributed by atoms with Crippen molar-refractivity contribution in [3.63, 3.8) is 0 Å². The highest BCUT2D eigenvalue weighted by molar-refractivity contribution is 7.15. The van der Waals surface area contributed by atoms with E-state index in [1.165, 1.54) is 24.0 Å². The maximum absolute atomic E-state index is 12.6. The van der Waals surface area contributed by atoms with Gasteiger partial charge in [0.2, 0.25) is 0 Å². The van der Waals surface area contributed by atoms with Gasteiger partial charge < -0.3 is 14.4 Å².